The topological polar surface area (TPSA) is 46.2 Å². The Morgan fingerprint density at radius 1 is 1.31 bits per heavy atom. The molecular formula is C11H17NO. The molecule has 0 fully saturated rings. The van der Waals surface area contributed by atoms with Crippen LogP contribution in [-0.4, -0.2) is 11.7 Å². The van der Waals surface area contributed by atoms with Crippen LogP contribution in [0.5, 0.6) is 0 Å². The van der Waals surface area contributed by atoms with Gasteiger partial charge < -0.3 is 10.8 Å². The van der Waals surface area contributed by atoms with Crippen molar-refractivity contribution in [3.63, 3.8) is 0 Å². The molecule has 0 saturated heterocycles. The van der Waals surface area contributed by atoms with Crippen molar-refractivity contribution in [1.82, 2.24) is 0 Å². The molecule has 0 spiro atoms. The van der Waals surface area contributed by atoms with Crippen LogP contribution in [0.25, 0.3) is 0 Å². The molecule has 0 aliphatic rings. The van der Waals surface area contributed by atoms with Gasteiger partial charge in [0.1, 0.15) is 0 Å². The van der Waals surface area contributed by atoms with Gasteiger partial charge in [0.25, 0.3) is 0 Å². The lowest BCUT2D eigenvalue weighted by Gasteiger charge is -2.26. The van der Waals surface area contributed by atoms with Gasteiger partial charge in [-0.15, -0.1) is 0 Å². The first-order valence-electron chi connectivity index (χ1n) is 4.45. The van der Waals surface area contributed by atoms with Crippen molar-refractivity contribution in [2.75, 3.05) is 6.61 Å². The molecule has 3 N–H and O–H groups in total. The summed E-state index contributed by atoms with van der Waals surface area (Å²) in [5, 5.41) is 9.17. The predicted octanol–water partition coefficient (Wildman–Crippen LogP) is 1.47. The van der Waals surface area contributed by atoms with Gasteiger partial charge >= 0.3 is 0 Å². The number of aliphatic hydroxyl groups is 1. The van der Waals surface area contributed by atoms with Crippen molar-refractivity contribution < 1.29 is 5.11 Å². The van der Waals surface area contributed by atoms with E-state index in [1.54, 1.807) is 0 Å². The van der Waals surface area contributed by atoms with E-state index in [2.05, 4.69) is 0 Å². The Bertz CT molecular complexity index is 285. The molecule has 1 aromatic carbocycles. The lowest BCUT2D eigenvalue weighted by Crippen LogP contribution is -2.38. The van der Waals surface area contributed by atoms with Gasteiger partial charge in [-0.05, 0) is 37.5 Å². The molecular weight excluding hydrogens is 162 g/mol. The Kier molecular flexibility index (Phi) is 2.74. The number of hydrogen-bond donors (Lipinski definition) is 2. The third-order valence-corrected chi connectivity index (χ3v) is 2.38. The van der Waals surface area contributed by atoms with E-state index in [0.717, 1.165) is 16.7 Å². The second kappa shape index (κ2) is 3.48. The minimum absolute atomic E-state index is 0.0291. The van der Waals surface area contributed by atoms with Crippen LogP contribution in [0.15, 0.2) is 18.2 Å². The third-order valence-electron chi connectivity index (χ3n) is 2.38. The minimum atomic E-state index is -0.630. The normalized spacial score (nSPS) is 15.5. The highest BCUT2D eigenvalue weighted by Gasteiger charge is 2.23. The van der Waals surface area contributed by atoms with E-state index in [-0.39, 0.29) is 6.61 Å². The molecule has 0 aromatic heterocycles. The summed E-state index contributed by atoms with van der Waals surface area (Å²) in [6.07, 6.45) is 0. The average Bonchev–Trinajstić information content (AvgIpc) is 2.03. The van der Waals surface area contributed by atoms with Gasteiger partial charge in [-0.25, -0.2) is 0 Å². The summed E-state index contributed by atoms with van der Waals surface area (Å²) in [4.78, 5) is 0. The van der Waals surface area contributed by atoms with Gasteiger partial charge in [-0.3, -0.25) is 0 Å². The molecule has 1 aromatic rings. The largest absolute Gasteiger partial charge is 0.394 e. The van der Waals surface area contributed by atoms with Gasteiger partial charge in [-0.2, -0.15) is 0 Å². The fraction of sp³-hybridized carbons (Fsp3) is 0.455. The van der Waals surface area contributed by atoms with Crippen LogP contribution >= 0.6 is 0 Å². The standard InChI is InChI=1S/C11H17NO/c1-8-5-4-6-9(2)10(8)11(3,12)7-13/h4-6,13H,7,12H2,1-3H3. The lowest BCUT2D eigenvalue weighted by atomic mass is 9.87. The quantitative estimate of drug-likeness (QED) is 0.722. The summed E-state index contributed by atoms with van der Waals surface area (Å²) >= 11 is 0. The third kappa shape index (κ3) is 1.90. The number of aliphatic hydroxyl groups excluding tert-OH is 1. The second-order valence-electron chi connectivity index (χ2n) is 3.84. The summed E-state index contributed by atoms with van der Waals surface area (Å²) in [5.74, 6) is 0. The number of benzene rings is 1. The summed E-state index contributed by atoms with van der Waals surface area (Å²) in [6.45, 7) is 5.85. The molecule has 0 radical (unpaired) electrons. The molecule has 0 heterocycles. The zero-order valence-corrected chi connectivity index (χ0v) is 8.46. The fourth-order valence-electron chi connectivity index (χ4n) is 1.79. The highest BCUT2D eigenvalue weighted by Crippen LogP contribution is 2.24. The first-order valence-corrected chi connectivity index (χ1v) is 4.45. The average molecular weight is 179 g/mol. The van der Waals surface area contributed by atoms with Gasteiger partial charge in [0.2, 0.25) is 0 Å². The predicted molar refractivity (Wildman–Crippen MR) is 54.5 cm³/mol. The number of rotatable bonds is 2. The molecule has 72 valence electrons. The maximum absolute atomic E-state index is 9.17. The van der Waals surface area contributed by atoms with Crippen molar-refractivity contribution in [1.29, 1.82) is 0 Å². The van der Waals surface area contributed by atoms with Crippen molar-refractivity contribution in [2.24, 2.45) is 5.73 Å². The van der Waals surface area contributed by atoms with Crippen molar-refractivity contribution in [3.05, 3.63) is 34.9 Å². The maximum atomic E-state index is 9.17. The van der Waals surface area contributed by atoms with Gasteiger partial charge in [0.05, 0.1) is 12.1 Å². The molecule has 2 nitrogen and oxygen atoms in total. The Balaban J connectivity index is 3.28. The van der Waals surface area contributed by atoms with Crippen LogP contribution in [0.1, 0.15) is 23.6 Å². The molecule has 0 saturated carbocycles. The van der Waals surface area contributed by atoms with Gasteiger partial charge in [0, 0.05) is 0 Å². The van der Waals surface area contributed by atoms with E-state index in [4.69, 9.17) is 5.73 Å². The highest BCUT2D eigenvalue weighted by molar-refractivity contribution is 5.38. The second-order valence-corrected chi connectivity index (χ2v) is 3.84. The molecule has 0 amide bonds. The molecule has 13 heavy (non-hydrogen) atoms. The van der Waals surface area contributed by atoms with Gasteiger partial charge in [-0.1, -0.05) is 18.2 Å². The van der Waals surface area contributed by atoms with E-state index in [1.807, 2.05) is 39.0 Å². The van der Waals surface area contributed by atoms with E-state index >= 15 is 0 Å². The Morgan fingerprint density at radius 2 is 1.77 bits per heavy atom. The number of nitrogens with two attached hydrogens (primary N) is 1. The molecule has 1 atom stereocenters. The first-order chi connectivity index (χ1) is 5.99. The maximum Gasteiger partial charge on any atom is 0.0650 e. The lowest BCUT2D eigenvalue weighted by molar-refractivity contribution is 0.209. The van der Waals surface area contributed by atoms with Crippen molar-refractivity contribution in [3.8, 4) is 0 Å². The molecule has 1 rings (SSSR count). The summed E-state index contributed by atoms with van der Waals surface area (Å²) in [6, 6.07) is 6.04. The van der Waals surface area contributed by atoms with Crippen LogP contribution in [0, 0.1) is 13.8 Å². The zero-order valence-electron chi connectivity index (χ0n) is 8.46. The van der Waals surface area contributed by atoms with Crippen LogP contribution in [0.3, 0.4) is 0 Å². The van der Waals surface area contributed by atoms with E-state index in [9.17, 15) is 5.11 Å². The van der Waals surface area contributed by atoms with E-state index < -0.39 is 5.54 Å². The van der Waals surface area contributed by atoms with Crippen LogP contribution in [-0.2, 0) is 5.54 Å². The first kappa shape index (κ1) is 10.2. The smallest absolute Gasteiger partial charge is 0.0650 e. The monoisotopic (exact) mass is 179 g/mol. The van der Waals surface area contributed by atoms with E-state index in [1.165, 1.54) is 0 Å². The SMILES string of the molecule is Cc1cccc(C)c1C(C)(N)CO. The molecule has 0 aliphatic heterocycles. The minimum Gasteiger partial charge on any atom is -0.394 e. The molecule has 0 bridgehead atoms. The zero-order chi connectivity index (χ0) is 10.1. The Hall–Kier alpha value is -0.860. The van der Waals surface area contributed by atoms with Gasteiger partial charge in [0.15, 0.2) is 0 Å². The Labute approximate surface area is 79.4 Å². The molecule has 1 unspecified atom stereocenters. The summed E-state index contributed by atoms with van der Waals surface area (Å²) in [5.41, 5.74) is 8.69. The van der Waals surface area contributed by atoms with Crippen LogP contribution < -0.4 is 5.73 Å². The van der Waals surface area contributed by atoms with Crippen molar-refractivity contribution >= 4 is 0 Å². The van der Waals surface area contributed by atoms with Crippen LogP contribution in [0.2, 0.25) is 0 Å². The Morgan fingerprint density at radius 3 is 2.15 bits per heavy atom. The number of aryl methyl sites for hydroxylation is 2. The molecule has 2 heteroatoms. The van der Waals surface area contributed by atoms with Crippen LogP contribution in [0.4, 0.5) is 0 Å². The summed E-state index contributed by atoms with van der Waals surface area (Å²) < 4.78 is 0. The highest BCUT2D eigenvalue weighted by atomic mass is 16.3. The van der Waals surface area contributed by atoms with Crippen molar-refractivity contribution in [2.45, 2.75) is 26.3 Å². The number of hydrogen-bond acceptors (Lipinski definition) is 2. The molecule has 0 aliphatic carbocycles. The summed E-state index contributed by atoms with van der Waals surface area (Å²) in [7, 11) is 0. The fourth-order valence-corrected chi connectivity index (χ4v) is 1.79. The van der Waals surface area contributed by atoms with E-state index in [0.29, 0.717) is 0 Å².